The first-order valence-electron chi connectivity index (χ1n) is 6.75. The van der Waals surface area contributed by atoms with Crippen LogP contribution in [-0.2, 0) is 6.61 Å². The molecule has 4 nitrogen and oxygen atoms in total. The molecular formula is C15H18ClN3OS. The van der Waals surface area contributed by atoms with Crippen LogP contribution in [0.5, 0.6) is 5.88 Å². The zero-order valence-corrected chi connectivity index (χ0v) is 13.7. The molecule has 0 aliphatic rings. The lowest BCUT2D eigenvalue weighted by atomic mass is 10.2. The molecule has 2 rings (SSSR count). The Labute approximate surface area is 134 Å². The molecule has 1 aromatic heterocycles. The Morgan fingerprint density at radius 2 is 2.00 bits per heavy atom. The Bertz CT molecular complexity index is 578. The number of aromatic nitrogens is 2. The smallest absolute Gasteiger partial charge is 0.219 e. The molecule has 1 heterocycles. The van der Waals surface area contributed by atoms with Gasteiger partial charge in [0.25, 0.3) is 0 Å². The van der Waals surface area contributed by atoms with Gasteiger partial charge in [0.05, 0.1) is 0 Å². The van der Waals surface area contributed by atoms with Gasteiger partial charge in [-0.3, -0.25) is 0 Å². The molecule has 0 saturated carbocycles. The lowest BCUT2D eigenvalue weighted by molar-refractivity contribution is 0.291. The minimum atomic E-state index is 0.454. The van der Waals surface area contributed by atoms with Crippen LogP contribution < -0.4 is 10.1 Å². The van der Waals surface area contributed by atoms with Crippen molar-refractivity contribution in [3.05, 3.63) is 40.9 Å². The van der Waals surface area contributed by atoms with Crippen molar-refractivity contribution in [1.29, 1.82) is 0 Å². The standard InChI is InChI=1S/C15H18ClN3OS/c1-3-8-17-13-9-14(19-15(18-13)21-2)20-10-11-4-6-12(16)7-5-11/h4-7,9H,3,8,10H2,1-2H3,(H,17,18,19). The van der Waals surface area contributed by atoms with Crippen LogP contribution in [0.2, 0.25) is 5.02 Å². The predicted molar refractivity (Wildman–Crippen MR) is 88.4 cm³/mol. The SMILES string of the molecule is CCCNc1cc(OCc2ccc(Cl)cc2)nc(SC)n1. The minimum absolute atomic E-state index is 0.454. The van der Waals surface area contributed by atoms with Gasteiger partial charge in [0, 0.05) is 17.6 Å². The Morgan fingerprint density at radius 1 is 1.24 bits per heavy atom. The maximum atomic E-state index is 5.87. The quantitative estimate of drug-likeness (QED) is 0.609. The third-order valence-electron chi connectivity index (χ3n) is 2.72. The van der Waals surface area contributed by atoms with Gasteiger partial charge in [-0.2, -0.15) is 4.98 Å². The zero-order valence-electron chi connectivity index (χ0n) is 12.1. The number of halogens is 1. The van der Waals surface area contributed by atoms with Gasteiger partial charge in [-0.15, -0.1) is 0 Å². The monoisotopic (exact) mass is 323 g/mol. The van der Waals surface area contributed by atoms with Gasteiger partial charge in [-0.05, 0) is 30.4 Å². The van der Waals surface area contributed by atoms with E-state index >= 15 is 0 Å². The van der Waals surface area contributed by atoms with Crippen LogP contribution >= 0.6 is 23.4 Å². The normalized spacial score (nSPS) is 10.4. The molecular weight excluding hydrogens is 306 g/mol. The lowest BCUT2D eigenvalue weighted by Crippen LogP contribution is -2.05. The highest BCUT2D eigenvalue weighted by Crippen LogP contribution is 2.20. The summed E-state index contributed by atoms with van der Waals surface area (Å²) in [6.45, 7) is 3.44. The van der Waals surface area contributed by atoms with E-state index in [1.807, 2.05) is 36.6 Å². The first-order chi connectivity index (χ1) is 10.2. The summed E-state index contributed by atoms with van der Waals surface area (Å²) in [4.78, 5) is 8.76. The van der Waals surface area contributed by atoms with E-state index in [1.165, 1.54) is 11.8 Å². The summed E-state index contributed by atoms with van der Waals surface area (Å²) in [5.41, 5.74) is 1.05. The van der Waals surface area contributed by atoms with E-state index in [9.17, 15) is 0 Å². The molecule has 2 aromatic rings. The summed E-state index contributed by atoms with van der Waals surface area (Å²) in [7, 11) is 0. The van der Waals surface area contributed by atoms with E-state index in [1.54, 1.807) is 0 Å². The molecule has 0 saturated heterocycles. The second kappa shape index (κ2) is 8.10. The molecule has 0 amide bonds. The van der Waals surface area contributed by atoms with Crippen molar-refractivity contribution in [3.63, 3.8) is 0 Å². The molecule has 0 atom stereocenters. The second-order valence-electron chi connectivity index (χ2n) is 4.42. The van der Waals surface area contributed by atoms with Crippen molar-refractivity contribution in [3.8, 4) is 5.88 Å². The molecule has 0 spiro atoms. The van der Waals surface area contributed by atoms with E-state index in [-0.39, 0.29) is 0 Å². The van der Waals surface area contributed by atoms with Crippen molar-refractivity contribution < 1.29 is 4.74 Å². The number of hydrogen-bond donors (Lipinski definition) is 1. The molecule has 0 bridgehead atoms. The van der Waals surface area contributed by atoms with E-state index in [0.29, 0.717) is 17.6 Å². The number of hydrogen-bond acceptors (Lipinski definition) is 5. The summed E-state index contributed by atoms with van der Waals surface area (Å²) < 4.78 is 5.75. The van der Waals surface area contributed by atoms with Crippen molar-refractivity contribution in [1.82, 2.24) is 9.97 Å². The highest BCUT2D eigenvalue weighted by atomic mass is 35.5. The summed E-state index contributed by atoms with van der Waals surface area (Å²) >= 11 is 7.36. The summed E-state index contributed by atoms with van der Waals surface area (Å²) in [6.07, 6.45) is 2.99. The van der Waals surface area contributed by atoms with Gasteiger partial charge < -0.3 is 10.1 Å². The Balaban J connectivity index is 2.05. The van der Waals surface area contributed by atoms with E-state index < -0.39 is 0 Å². The average Bonchev–Trinajstić information content (AvgIpc) is 2.52. The van der Waals surface area contributed by atoms with E-state index in [0.717, 1.165) is 29.4 Å². The van der Waals surface area contributed by atoms with Gasteiger partial charge >= 0.3 is 0 Å². The fourth-order valence-electron chi connectivity index (χ4n) is 1.65. The van der Waals surface area contributed by atoms with Crippen LogP contribution in [0, 0.1) is 0 Å². The molecule has 21 heavy (non-hydrogen) atoms. The van der Waals surface area contributed by atoms with Crippen LogP contribution in [0.25, 0.3) is 0 Å². The molecule has 0 radical (unpaired) electrons. The maximum absolute atomic E-state index is 5.87. The Kier molecular flexibility index (Phi) is 6.14. The van der Waals surface area contributed by atoms with Crippen LogP contribution in [0.15, 0.2) is 35.5 Å². The van der Waals surface area contributed by atoms with Crippen molar-refractivity contribution in [2.75, 3.05) is 18.1 Å². The van der Waals surface area contributed by atoms with Crippen molar-refractivity contribution in [2.24, 2.45) is 0 Å². The van der Waals surface area contributed by atoms with Crippen LogP contribution in [0.1, 0.15) is 18.9 Å². The zero-order chi connectivity index (χ0) is 15.1. The van der Waals surface area contributed by atoms with Gasteiger partial charge in [0.1, 0.15) is 12.4 Å². The molecule has 1 N–H and O–H groups in total. The molecule has 0 aliphatic carbocycles. The van der Waals surface area contributed by atoms with Gasteiger partial charge in [0.2, 0.25) is 5.88 Å². The first kappa shape index (κ1) is 15.9. The Morgan fingerprint density at radius 3 is 2.67 bits per heavy atom. The highest BCUT2D eigenvalue weighted by molar-refractivity contribution is 7.98. The van der Waals surface area contributed by atoms with Gasteiger partial charge in [-0.1, -0.05) is 42.4 Å². The molecule has 6 heteroatoms. The van der Waals surface area contributed by atoms with Crippen molar-refractivity contribution in [2.45, 2.75) is 25.1 Å². The molecule has 0 unspecified atom stereocenters. The summed E-state index contributed by atoms with van der Waals surface area (Å²) in [6, 6.07) is 9.40. The van der Waals surface area contributed by atoms with Gasteiger partial charge in [0.15, 0.2) is 5.16 Å². The van der Waals surface area contributed by atoms with Crippen LogP contribution in [-0.4, -0.2) is 22.8 Å². The molecule has 1 aromatic carbocycles. The number of rotatable bonds is 7. The number of nitrogens with one attached hydrogen (secondary N) is 1. The first-order valence-corrected chi connectivity index (χ1v) is 8.35. The maximum Gasteiger partial charge on any atom is 0.219 e. The summed E-state index contributed by atoms with van der Waals surface area (Å²) in [5.74, 6) is 1.37. The average molecular weight is 324 g/mol. The fourth-order valence-corrected chi connectivity index (χ4v) is 2.15. The Hall–Kier alpha value is -1.46. The highest BCUT2D eigenvalue weighted by Gasteiger charge is 2.05. The second-order valence-corrected chi connectivity index (χ2v) is 5.63. The van der Waals surface area contributed by atoms with Gasteiger partial charge in [-0.25, -0.2) is 4.98 Å². The van der Waals surface area contributed by atoms with Crippen LogP contribution in [0.4, 0.5) is 5.82 Å². The molecule has 0 fully saturated rings. The number of anilines is 1. The number of nitrogens with zero attached hydrogens (tertiary/aromatic N) is 2. The summed E-state index contributed by atoms with van der Waals surface area (Å²) in [5, 5.41) is 4.67. The lowest BCUT2D eigenvalue weighted by Gasteiger charge is -2.10. The molecule has 112 valence electrons. The third kappa shape index (κ3) is 5.10. The van der Waals surface area contributed by atoms with Crippen LogP contribution in [0.3, 0.4) is 0 Å². The fraction of sp³-hybridized carbons (Fsp3) is 0.333. The topological polar surface area (TPSA) is 47.0 Å². The van der Waals surface area contributed by atoms with Crippen molar-refractivity contribution >= 4 is 29.2 Å². The number of thioether (sulfide) groups is 1. The molecule has 0 aliphatic heterocycles. The predicted octanol–water partition coefficient (Wildman–Crippen LogP) is 4.25. The van der Waals surface area contributed by atoms with E-state index in [4.69, 9.17) is 16.3 Å². The minimum Gasteiger partial charge on any atom is -0.473 e. The number of benzene rings is 1. The third-order valence-corrected chi connectivity index (χ3v) is 3.52. The number of ether oxygens (including phenoxy) is 1. The van der Waals surface area contributed by atoms with E-state index in [2.05, 4.69) is 22.2 Å². The largest absolute Gasteiger partial charge is 0.473 e.